The van der Waals surface area contributed by atoms with Gasteiger partial charge in [0.15, 0.2) is 0 Å². The van der Waals surface area contributed by atoms with Gasteiger partial charge in [-0.15, -0.1) is 0 Å². The molecule has 0 aliphatic rings. The molecule has 0 aromatic carbocycles. The van der Waals surface area contributed by atoms with Crippen LogP contribution in [0.25, 0.3) is 0 Å². The minimum absolute atomic E-state index is 0.341. The number of ether oxygens (including phenoxy) is 1. The summed E-state index contributed by atoms with van der Waals surface area (Å²) < 4.78 is 5.37. The van der Waals surface area contributed by atoms with E-state index in [1.807, 2.05) is 0 Å². The molecule has 0 aromatic heterocycles. The number of carbonyl (C=O) groups is 1. The van der Waals surface area contributed by atoms with Crippen LogP contribution in [0.2, 0.25) is 0 Å². The third-order valence-corrected chi connectivity index (χ3v) is 3.93. The molecule has 0 bridgehead atoms. The van der Waals surface area contributed by atoms with Crippen LogP contribution in [0.1, 0.15) is 90.9 Å². The summed E-state index contributed by atoms with van der Waals surface area (Å²) in [5.41, 5.74) is 0. The number of hydrogen-bond acceptors (Lipinski definition) is 2. The molecular formula is C18H36O3. The van der Waals surface area contributed by atoms with E-state index in [0.717, 1.165) is 6.42 Å². The Balaban J connectivity index is 3.04. The number of hydrogen-bond donors (Lipinski definition) is 1. The first-order valence-corrected chi connectivity index (χ1v) is 8.99. The Hall–Kier alpha value is -0.570. The van der Waals surface area contributed by atoms with Crippen molar-refractivity contribution in [3.8, 4) is 0 Å². The molecular weight excluding hydrogens is 264 g/mol. The Morgan fingerprint density at radius 3 is 1.71 bits per heavy atom. The van der Waals surface area contributed by atoms with Crippen LogP contribution in [0.3, 0.4) is 0 Å². The van der Waals surface area contributed by atoms with Crippen molar-refractivity contribution in [3.05, 3.63) is 0 Å². The summed E-state index contributed by atoms with van der Waals surface area (Å²) in [5, 5.41) is 8.71. The van der Waals surface area contributed by atoms with Crippen molar-refractivity contribution in [2.45, 2.75) is 90.9 Å². The Labute approximate surface area is 131 Å². The van der Waals surface area contributed by atoms with E-state index >= 15 is 0 Å². The van der Waals surface area contributed by atoms with Crippen LogP contribution in [0, 0.1) is 5.92 Å². The monoisotopic (exact) mass is 300 g/mol. The van der Waals surface area contributed by atoms with Crippen molar-refractivity contribution < 1.29 is 14.6 Å². The normalized spacial score (nSPS) is 12.5. The third kappa shape index (κ3) is 15.6. The van der Waals surface area contributed by atoms with Gasteiger partial charge in [-0.1, -0.05) is 77.6 Å². The molecule has 3 nitrogen and oxygen atoms in total. The maximum atomic E-state index is 10.6. The highest BCUT2D eigenvalue weighted by Crippen LogP contribution is 2.12. The maximum absolute atomic E-state index is 10.6. The average Bonchev–Trinajstić information content (AvgIpc) is 2.47. The Kier molecular flexibility index (Phi) is 15.4. The van der Waals surface area contributed by atoms with Gasteiger partial charge < -0.3 is 9.84 Å². The van der Waals surface area contributed by atoms with Crippen molar-refractivity contribution in [1.29, 1.82) is 0 Å². The van der Waals surface area contributed by atoms with Crippen molar-refractivity contribution >= 4 is 5.97 Å². The number of rotatable bonds is 16. The summed E-state index contributed by atoms with van der Waals surface area (Å²) in [6, 6.07) is 0. The minimum Gasteiger partial charge on any atom is -0.481 e. The van der Waals surface area contributed by atoms with E-state index < -0.39 is 5.97 Å². The predicted octanol–water partition coefficient (Wildman–Crippen LogP) is 5.42. The second kappa shape index (κ2) is 15.8. The lowest BCUT2D eigenvalue weighted by Gasteiger charge is -2.07. The summed E-state index contributed by atoms with van der Waals surface area (Å²) in [6.07, 6.45) is 16.0. The van der Waals surface area contributed by atoms with Crippen molar-refractivity contribution in [1.82, 2.24) is 0 Å². The van der Waals surface area contributed by atoms with Crippen LogP contribution in [0.4, 0.5) is 0 Å². The molecule has 1 N–H and O–H groups in total. The zero-order valence-electron chi connectivity index (χ0n) is 14.2. The fraction of sp³-hybridized carbons (Fsp3) is 0.944. The van der Waals surface area contributed by atoms with Crippen LogP contribution in [0.5, 0.6) is 0 Å². The van der Waals surface area contributed by atoms with Gasteiger partial charge in [-0.3, -0.25) is 4.79 Å². The molecule has 0 aliphatic carbocycles. The van der Waals surface area contributed by atoms with Gasteiger partial charge in [0.1, 0.15) is 0 Å². The molecule has 0 aromatic rings. The van der Waals surface area contributed by atoms with Gasteiger partial charge in [0.25, 0.3) is 0 Å². The highest BCUT2D eigenvalue weighted by molar-refractivity contribution is 5.69. The zero-order chi connectivity index (χ0) is 15.8. The molecule has 0 amide bonds. The molecule has 0 fully saturated rings. The van der Waals surface area contributed by atoms with Gasteiger partial charge in [-0.2, -0.15) is 0 Å². The highest BCUT2D eigenvalue weighted by atomic mass is 16.5. The maximum Gasteiger partial charge on any atom is 0.308 e. The van der Waals surface area contributed by atoms with Gasteiger partial charge in [0.2, 0.25) is 0 Å². The standard InChI is InChI=1S/C18H36O3/c1-3-4-5-6-7-8-9-10-11-12-13-14-15-21-16-17(2)18(19)20/h17H,3-16H2,1-2H3,(H,19,20). The Bertz CT molecular complexity index is 229. The van der Waals surface area contributed by atoms with E-state index in [1.54, 1.807) is 6.92 Å². The summed E-state index contributed by atoms with van der Waals surface area (Å²) in [6.45, 7) is 4.99. The molecule has 126 valence electrons. The summed E-state index contributed by atoms with van der Waals surface area (Å²) in [4.78, 5) is 10.6. The quantitative estimate of drug-likeness (QED) is 0.387. The predicted molar refractivity (Wildman–Crippen MR) is 88.7 cm³/mol. The largest absolute Gasteiger partial charge is 0.481 e. The Morgan fingerprint density at radius 2 is 1.29 bits per heavy atom. The number of unbranched alkanes of at least 4 members (excludes halogenated alkanes) is 11. The molecule has 0 spiro atoms. The van der Waals surface area contributed by atoms with Gasteiger partial charge in [0, 0.05) is 6.61 Å². The van der Waals surface area contributed by atoms with Crippen LogP contribution in [-0.2, 0) is 9.53 Å². The fourth-order valence-electron chi connectivity index (χ4n) is 2.38. The lowest BCUT2D eigenvalue weighted by atomic mass is 10.1. The van der Waals surface area contributed by atoms with Crippen molar-refractivity contribution in [2.75, 3.05) is 13.2 Å². The van der Waals surface area contributed by atoms with Crippen LogP contribution >= 0.6 is 0 Å². The molecule has 0 saturated carbocycles. The van der Waals surface area contributed by atoms with Gasteiger partial charge in [-0.25, -0.2) is 0 Å². The molecule has 21 heavy (non-hydrogen) atoms. The van der Waals surface area contributed by atoms with E-state index in [2.05, 4.69) is 6.92 Å². The Morgan fingerprint density at radius 1 is 0.857 bits per heavy atom. The smallest absolute Gasteiger partial charge is 0.308 e. The average molecular weight is 300 g/mol. The lowest BCUT2D eigenvalue weighted by Crippen LogP contribution is -2.16. The van der Waals surface area contributed by atoms with Crippen LogP contribution in [0.15, 0.2) is 0 Å². The van der Waals surface area contributed by atoms with Crippen LogP contribution in [-0.4, -0.2) is 24.3 Å². The number of carboxylic acid groups (broad SMARTS) is 1. The summed E-state index contributed by atoms with van der Waals surface area (Å²) in [5.74, 6) is -1.16. The van der Waals surface area contributed by atoms with Crippen LogP contribution < -0.4 is 0 Å². The van der Waals surface area contributed by atoms with Crippen molar-refractivity contribution in [2.24, 2.45) is 5.92 Å². The topological polar surface area (TPSA) is 46.5 Å². The van der Waals surface area contributed by atoms with E-state index in [0.29, 0.717) is 13.2 Å². The number of aliphatic carboxylic acids is 1. The fourth-order valence-corrected chi connectivity index (χ4v) is 2.38. The van der Waals surface area contributed by atoms with Gasteiger partial charge >= 0.3 is 5.97 Å². The van der Waals surface area contributed by atoms with Crippen molar-refractivity contribution in [3.63, 3.8) is 0 Å². The highest BCUT2D eigenvalue weighted by Gasteiger charge is 2.09. The van der Waals surface area contributed by atoms with E-state index in [1.165, 1.54) is 70.6 Å². The second-order valence-corrected chi connectivity index (χ2v) is 6.20. The van der Waals surface area contributed by atoms with E-state index in [9.17, 15) is 4.79 Å². The lowest BCUT2D eigenvalue weighted by molar-refractivity contribution is -0.143. The number of carboxylic acids is 1. The molecule has 3 heteroatoms. The molecule has 0 heterocycles. The van der Waals surface area contributed by atoms with E-state index in [-0.39, 0.29) is 5.92 Å². The summed E-state index contributed by atoms with van der Waals surface area (Å²) in [7, 11) is 0. The molecule has 0 aliphatic heterocycles. The molecule has 0 radical (unpaired) electrons. The van der Waals surface area contributed by atoms with Gasteiger partial charge in [-0.05, 0) is 13.3 Å². The second-order valence-electron chi connectivity index (χ2n) is 6.20. The molecule has 1 atom stereocenters. The van der Waals surface area contributed by atoms with Gasteiger partial charge in [0.05, 0.1) is 12.5 Å². The first-order chi connectivity index (χ1) is 10.2. The SMILES string of the molecule is CCCCCCCCCCCCCCOCC(C)C(=O)O. The zero-order valence-corrected chi connectivity index (χ0v) is 14.2. The molecule has 0 rings (SSSR count). The van der Waals surface area contributed by atoms with E-state index in [4.69, 9.17) is 9.84 Å². The molecule has 0 saturated heterocycles. The minimum atomic E-state index is -0.773. The summed E-state index contributed by atoms with van der Waals surface area (Å²) >= 11 is 0. The molecule has 1 unspecified atom stereocenters. The first-order valence-electron chi connectivity index (χ1n) is 8.99. The first kappa shape index (κ1) is 20.4. The third-order valence-electron chi connectivity index (χ3n) is 3.93.